The van der Waals surface area contributed by atoms with Crippen LogP contribution in [0.5, 0.6) is 5.75 Å². The van der Waals surface area contributed by atoms with Crippen LogP contribution in [-0.2, 0) is 0 Å². The first-order chi connectivity index (χ1) is 6.24. The summed E-state index contributed by atoms with van der Waals surface area (Å²) in [6.45, 7) is 0.379. The van der Waals surface area contributed by atoms with Crippen LogP contribution < -0.4 is 4.74 Å². The van der Waals surface area contributed by atoms with E-state index in [1.165, 1.54) is 5.54 Å². The summed E-state index contributed by atoms with van der Waals surface area (Å²) < 4.78 is 5.27. The molecule has 0 N–H and O–H groups in total. The van der Waals surface area contributed by atoms with Gasteiger partial charge < -0.3 is 4.74 Å². The third kappa shape index (κ3) is 3.47. The molecule has 1 aromatic carbocycles. The predicted molar refractivity (Wildman–Crippen MR) is 57.0 cm³/mol. The van der Waals surface area contributed by atoms with Gasteiger partial charge in [-0.15, -0.1) is 0 Å². The predicted octanol–water partition coefficient (Wildman–Crippen LogP) is 4.12. The first-order valence-corrected chi connectivity index (χ1v) is 4.76. The molecular formula is C9H7Cl3O. The van der Waals surface area contributed by atoms with Gasteiger partial charge in [0.2, 0.25) is 0 Å². The fraction of sp³-hybridized carbons (Fsp3) is 0.111. The van der Waals surface area contributed by atoms with Crippen molar-refractivity contribution in [2.75, 3.05) is 6.61 Å². The Morgan fingerprint density at radius 3 is 2.77 bits per heavy atom. The number of halogens is 3. The summed E-state index contributed by atoms with van der Waals surface area (Å²) in [5.74, 6) is 0.559. The molecule has 1 nitrogen and oxygen atoms in total. The molecule has 1 rings (SSSR count). The number of hydrogen-bond acceptors (Lipinski definition) is 1. The Morgan fingerprint density at radius 2 is 2.08 bits per heavy atom. The van der Waals surface area contributed by atoms with Crippen LogP contribution >= 0.6 is 34.8 Å². The van der Waals surface area contributed by atoms with E-state index < -0.39 is 0 Å². The topological polar surface area (TPSA) is 9.23 Å². The van der Waals surface area contributed by atoms with Gasteiger partial charge in [0.15, 0.2) is 0 Å². The van der Waals surface area contributed by atoms with Gasteiger partial charge in [-0.3, -0.25) is 0 Å². The third-order valence-electron chi connectivity index (χ3n) is 1.32. The van der Waals surface area contributed by atoms with E-state index in [1.54, 1.807) is 24.3 Å². The molecule has 4 heteroatoms. The zero-order valence-corrected chi connectivity index (χ0v) is 8.90. The average Bonchev–Trinajstić information content (AvgIpc) is 2.11. The molecule has 0 heterocycles. The van der Waals surface area contributed by atoms with Gasteiger partial charge in [-0.1, -0.05) is 34.8 Å². The Balaban J connectivity index is 2.69. The van der Waals surface area contributed by atoms with E-state index in [-0.39, 0.29) is 0 Å². The van der Waals surface area contributed by atoms with Crippen LogP contribution in [0.2, 0.25) is 10.0 Å². The van der Waals surface area contributed by atoms with E-state index in [1.807, 2.05) is 0 Å². The standard InChI is InChI=1S/C9H7Cl3O/c10-4-1-5-13-9-6-7(11)2-3-8(9)12/h1-4,6H,5H2/b4-1+. The van der Waals surface area contributed by atoms with Crippen molar-refractivity contribution >= 4 is 34.8 Å². The molecule has 0 saturated carbocycles. The highest BCUT2D eigenvalue weighted by Gasteiger charge is 2.00. The van der Waals surface area contributed by atoms with Gasteiger partial charge in [0.1, 0.15) is 12.4 Å². The molecule has 0 unspecified atom stereocenters. The van der Waals surface area contributed by atoms with E-state index in [0.29, 0.717) is 22.4 Å². The average molecular weight is 238 g/mol. The van der Waals surface area contributed by atoms with E-state index in [2.05, 4.69) is 0 Å². The minimum Gasteiger partial charge on any atom is -0.488 e. The van der Waals surface area contributed by atoms with E-state index in [0.717, 1.165) is 0 Å². The van der Waals surface area contributed by atoms with Gasteiger partial charge in [-0.2, -0.15) is 0 Å². The van der Waals surface area contributed by atoms with Crippen LogP contribution in [-0.4, -0.2) is 6.61 Å². The number of hydrogen-bond donors (Lipinski definition) is 0. The zero-order valence-electron chi connectivity index (χ0n) is 6.64. The van der Waals surface area contributed by atoms with Crippen LogP contribution in [0.3, 0.4) is 0 Å². The van der Waals surface area contributed by atoms with Crippen LogP contribution in [0.1, 0.15) is 0 Å². The molecular weight excluding hydrogens is 230 g/mol. The first kappa shape index (κ1) is 10.7. The van der Waals surface area contributed by atoms with Crippen molar-refractivity contribution < 1.29 is 4.74 Å². The lowest BCUT2D eigenvalue weighted by Crippen LogP contribution is -1.93. The van der Waals surface area contributed by atoms with Crippen molar-refractivity contribution in [3.63, 3.8) is 0 Å². The summed E-state index contributed by atoms with van der Waals surface area (Å²) in [6, 6.07) is 5.05. The molecule has 0 atom stereocenters. The van der Waals surface area contributed by atoms with E-state index >= 15 is 0 Å². The molecule has 0 saturated heterocycles. The molecule has 0 amide bonds. The minimum atomic E-state index is 0.379. The fourth-order valence-corrected chi connectivity index (χ4v) is 1.17. The van der Waals surface area contributed by atoms with Crippen LogP contribution in [0, 0.1) is 0 Å². The molecule has 1 aromatic rings. The Hall–Kier alpha value is -0.370. The van der Waals surface area contributed by atoms with Crippen molar-refractivity contribution in [1.82, 2.24) is 0 Å². The molecule has 0 radical (unpaired) electrons. The maximum atomic E-state index is 5.83. The molecule has 0 aliphatic heterocycles. The maximum absolute atomic E-state index is 5.83. The normalized spacial score (nSPS) is 10.7. The quantitative estimate of drug-likeness (QED) is 0.768. The molecule has 0 aliphatic rings. The van der Waals surface area contributed by atoms with Crippen molar-refractivity contribution in [2.24, 2.45) is 0 Å². The molecule has 70 valence electrons. The van der Waals surface area contributed by atoms with Crippen molar-refractivity contribution in [3.05, 3.63) is 39.9 Å². The van der Waals surface area contributed by atoms with Crippen molar-refractivity contribution in [1.29, 1.82) is 0 Å². The smallest absolute Gasteiger partial charge is 0.139 e. The van der Waals surface area contributed by atoms with Gasteiger partial charge in [0.05, 0.1) is 5.02 Å². The summed E-state index contributed by atoms with van der Waals surface area (Å²) in [5, 5.41) is 1.13. The lowest BCUT2D eigenvalue weighted by Gasteiger charge is -2.05. The second-order valence-electron chi connectivity index (χ2n) is 2.25. The Kier molecular flexibility index (Phi) is 4.43. The number of rotatable bonds is 3. The highest BCUT2D eigenvalue weighted by Crippen LogP contribution is 2.27. The van der Waals surface area contributed by atoms with Gasteiger partial charge >= 0.3 is 0 Å². The zero-order chi connectivity index (χ0) is 9.68. The second kappa shape index (κ2) is 5.38. The van der Waals surface area contributed by atoms with Crippen LogP contribution in [0.25, 0.3) is 0 Å². The van der Waals surface area contributed by atoms with E-state index in [9.17, 15) is 0 Å². The van der Waals surface area contributed by atoms with Crippen LogP contribution in [0.15, 0.2) is 29.8 Å². The third-order valence-corrected chi connectivity index (χ3v) is 2.04. The number of benzene rings is 1. The van der Waals surface area contributed by atoms with Gasteiger partial charge in [0, 0.05) is 16.6 Å². The fourth-order valence-electron chi connectivity index (χ4n) is 0.762. The summed E-state index contributed by atoms with van der Waals surface area (Å²) in [5.41, 5.74) is 1.39. The van der Waals surface area contributed by atoms with Gasteiger partial charge in [-0.05, 0) is 18.2 Å². The molecule has 0 fully saturated rings. The molecule has 0 spiro atoms. The maximum Gasteiger partial charge on any atom is 0.139 e. The Bertz CT molecular complexity index is 310. The second-order valence-corrected chi connectivity index (χ2v) is 3.34. The summed E-state index contributed by atoms with van der Waals surface area (Å²) >= 11 is 16.9. The molecule has 0 aromatic heterocycles. The Morgan fingerprint density at radius 1 is 1.31 bits per heavy atom. The van der Waals surface area contributed by atoms with E-state index in [4.69, 9.17) is 39.5 Å². The largest absolute Gasteiger partial charge is 0.488 e. The molecule has 13 heavy (non-hydrogen) atoms. The SMILES string of the molecule is Cl/C=C/COc1cc(Cl)ccc1Cl. The first-order valence-electron chi connectivity index (χ1n) is 3.57. The molecule has 0 aliphatic carbocycles. The summed E-state index contributed by atoms with van der Waals surface area (Å²) in [7, 11) is 0. The summed E-state index contributed by atoms with van der Waals surface area (Å²) in [4.78, 5) is 0. The van der Waals surface area contributed by atoms with Crippen molar-refractivity contribution in [2.45, 2.75) is 0 Å². The van der Waals surface area contributed by atoms with Crippen molar-refractivity contribution in [3.8, 4) is 5.75 Å². The minimum absolute atomic E-state index is 0.379. The number of ether oxygens (including phenoxy) is 1. The summed E-state index contributed by atoms with van der Waals surface area (Å²) in [6.07, 6.45) is 1.67. The lowest BCUT2D eigenvalue weighted by molar-refractivity contribution is 0.363. The van der Waals surface area contributed by atoms with Crippen LogP contribution in [0.4, 0.5) is 0 Å². The van der Waals surface area contributed by atoms with Gasteiger partial charge in [-0.25, -0.2) is 0 Å². The lowest BCUT2D eigenvalue weighted by atomic mass is 10.3. The van der Waals surface area contributed by atoms with Gasteiger partial charge in [0.25, 0.3) is 0 Å². The monoisotopic (exact) mass is 236 g/mol. The Labute approximate surface area is 91.9 Å². The molecule has 0 bridgehead atoms. The highest BCUT2D eigenvalue weighted by molar-refractivity contribution is 6.34. The highest BCUT2D eigenvalue weighted by atomic mass is 35.5.